The van der Waals surface area contributed by atoms with E-state index in [9.17, 15) is 17.6 Å². The van der Waals surface area contributed by atoms with Gasteiger partial charge in [-0.15, -0.1) is 0 Å². The van der Waals surface area contributed by atoms with Crippen LogP contribution in [-0.4, -0.2) is 25.1 Å². The van der Waals surface area contributed by atoms with Crippen LogP contribution < -0.4 is 4.74 Å². The second kappa shape index (κ2) is 8.41. The highest BCUT2D eigenvalue weighted by Crippen LogP contribution is 2.34. The van der Waals surface area contributed by atoms with E-state index in [4.69, 9.17) is 16.3 Å². The predicted octanol–water partition coefficient (Wildman–Crippen LogP) is 6.13. The van der Waals surface area contributed by atoms with Crippen molar-refractivity contribution in [1.82, 2.24) is 25.1 Å². The first kappa shape index (κ1) is 21.8. The molecule has 34 heavy (non-hydrogen) atoms. The van der Waals surface area contributed by atoms with Crippen molar-refractivity contribution in [3.63, 3.8) is 0 Å². The Bertz CT molecular complexity index is 1460. The summed E-state index contributed by atoms with van der Waals surface area (Å²) in [6.45, 7) is 0.277. The number of ether oxygens (including phenoxy) is 1. The summed E-state index contributed by atoms with van der Waals surface area (Å²) >= 11 is 6.44. The highest BCUT2D eigenvalue weighted by atomic mass is 35.5. The van der Waals surface area contributed by atoms with Crippen LogP contribution in [0.3, 0.4) is 0 Å². The molecule has 5 aromatic rings. The molecule has 0 amide bonds. The van der Waals surface area contributed by atoms with Gasteiger partial charge in [-0.25, -0.2) is 4.39 Å². The van der Waals surface area contributed by atoms with Gasteiger partial charge < -0.3 is 9.26 Å². The Morgan fingerprint density at radius 2 is 1.68 bits per heavy atom. The quantitative estimate of drug-likeness (QED) is 0.276. The van der Waals surface area contributed by atoms with Crippen molar-refractivity contribution in [3.8, 4) is 22.9 Å². The van der Waals surface area contributed by atoms with E-state index in [1.165, 1.54) is 29.1 Å². The van der Waals surface area contributed by atoms with Crippen molar-refractivity contribution in [3.05, 3.63) is 83.0 Å². The lowest BCUT2D eigenvalue weighted by atomic mass is 10.1. The van der Waals surface area contributed by atoms with Gasteiger partial charge in [-0.05, 0) is 42.0 Å². The third-order valence-electron chi connectivity index (χ3n) is 4.74. The van der Waals surface area contributed by atoms with Gasteiger partial charge in [-0.1, -0.05) is 41.0 Å². The molecular weight excluding hydrogens is 478 g/mol. The van der Waals surface area contributed by atoms with Gasteiger partial charge >= 0.3 is 12.1 Å². The van der Waals surface area contributed by atoms with E-state index in [1.54, 1.807) is 36.4 Å². The lowest BCUT2D eigenvalue weighted by molar-refractivity contribution is -0.159. The van der Waals surface area contributed by atoms with Gasteiger partial charge in [0, 0.05) is 5.56 Å². The Balaban J connectivity index is 1.34. The Labute approximate surface area is 193 Å². The summed E-state index contributed by atoms with van der Waals surface area (Å²) in [5, 5.41) is 12.4. The molecule has 7 nitrogen and oxygen atoms in total. The van der Waals surface area contributed by atoms with Crippen LogP contribution in [0.1, 0.15) is 11.5 Å². The van der Waals surface area contributed by atoms with Crippen LogP contribution in [-0.2, 0) is 12.7 Å². The first-order valence-corrected chi connectivity index (χ1v) is 10.1. The molecule has 5 rings (SSSR count). The van der Waals surface area contributed by atoms with Gasteiger partial charge in [-0.3, -0.25) is 0 Å². The molecule has 0 atom stereocenters. The molecule has 3 aromatic carbocycles. The van der Waals surface area contributed by atoms with Crippen molar-refractivity contribution >= 4 is 22.6 Å². The van der Waals surface area contributed by atoms with Crippen molar-refractivity contribution in [2.24, 2.45) is 0 Å². The first-order chi connectivity index (χ1) is 16.3. The summed E-state index contributed by atoms with van der Waals surface area (Å²) in [5.74, 6) is -1.19. The third kappa shape index (κ3) is 4.42. The van der Waals surface area contributed by atoms with E-state index in [0.29, 0.717) is 28.1 Å². The van der Waals surface area contributed by atoms with Gasteiger partial charge in [0.05, 0.1) is 6.54 Å². The highest BCUT2D eigenvalue weighted by Gasteiger charge is 2.38. The van der Waals surface area contributed by atoms with E-state index in [-0.39, 0.29) is 23.2 Å². The van der Waals surface area contributed by atoms with Gasteiger partial charge in [0.2, 0.25) is 5.82 Å². The standard InChI is InChI=1S/C22H12ClF4N5O2/c23-18-17(33-15-7-5-14(24)6-8-15)10-9-16-19(18)30-32(29-16)11-12-1-3-13(4-2-12)20-28-21(34-31-20)22(25,26)27/h1-10H,11H2. The van der Waals surface area contributed by atoms with E-state index < -0.39 is 12.1 Å². The number of benzene rings is 3. The first-order valence-electron chi connectivity index (χ1n) is 9.73. The smallest absolute Gasteiger partial charge is 0.456 e. The van der Waals surface area contributed by atoms with Crippen LogP contribution in [0.15, 0.2) is 65.2 Å². The van der Waals surface area contributed by atoms with Gasteiger partial charge in [0.1, 0.15) is 33.4 Å². The van der Waals surface area contributed by atoms with Crippen LogP contribution in [0.5, 0.6) is 11.5 Å². The molecule has 0 spiro atoms. The lowest BCUT2D eigenvalue weighted by Gasteiger charge is -2.07. The summed E-state index contributed by atoms with van der Waals surface area (Å²) in [7, 11) is 0. The fourth-order valence-corrected chi connectivity index (χ4v) is 3.37. The maximum absolute atomic E-state index is 13.1. The highest BCUT2D eigenvalue weighted by molar-refractivity contribution is 6.36. The van der Waals surface area contributed by atoms with E-state index in [1.807, 2.05) is 0 Å². The summed E-state index contributed by atoms with van der Waals surface area (Å²) in [5.41, 5.74) is 2.11. The summed E-state index contributed by atoms with van der Waals surface area (Å²) in [6.07, 6.45) is -4.70. The second-order valence-corrected chi connectivity index (χ2v) is 7.53. The number of fused-ring (bicyclic) bond motifs is 1. The summed E-state index contributed by atoms with van der Waals surface area (Å²) in [4.78, 5) is 4.80. The van der Waals surface area contributed by atoms with Crippen molar-refractivity contribution < 1.29 is 26.8 Å². The maximum Gasteiger partial charge on any atom is 0.471 e. The molecule has 0 aliphatic heterocycles. The van der Waals surface area contributed by atoms with E-state index >= 15 is 0 Å². The van der Waals surface area contributed by atoms with Crippen LogP contribution in [0.2, 0.25) is 5.02 Å². The maximum atomic E-state index is 13.1. The predicted molar refractivity (Wildman–Crippen MR) is 113 cm³/mol. The molecule has 0 N–H and O–H groups in total. The van der Waals surface area contributed by atoms with Gasteiger partial charge in [-0.2, -0.15) is 33.1 Å². The molecule has 12 heteroatoms. The Morgan fingerprint density at radius 3 is 2.35 bits per heavy atom. The average Bonchev–Trinajstić information content (AvgIpc) is 3.46. The number of halogens is 5. The molecule has 0 unspecified atom stereocenters. The molecule has 2 aromatic heterocycles. The Morgan fingerprint density at radius 1 is 0.941 bits per heavy atom. The van der Waals surface area contributed by atoms with Gasteiger partial charge in [0.25, 0.3) is 0 Å². The topological polar surface area (TPSA) is 78.9 Å². The summed E-state index contributed by atoms with van der Waals surface area (Å²) < 4.78 is 61.0. The van der Waals surface area contributed by atoms with Crippen molar-refractivity contribution in [2.45, 2.75) is 12.7 Å². The van der Waals surface area contributed by atoms with Crippen LogP contribution >= 0.6 is 11.6 Å². The fraction of sp³-hybridized carbons (Fsp3) is 0.0909. The average molecular weight is 490 g/mol. The normalized spacial score (nSPS) is 11.8. The third-order valence-corrected chi connectivity index (χ3v) is 5.11. The largest absolute Gasteiger partial charge is 0.471 e. The molecule has 0 aliphatic carbocycles. The van der Waals surface area contributed by atoms with E-state index in [2.05, 4.69) is 24.9 Å². The second-order valence-electron chi connectivity index (χ2n) is 7.15. The van der Waals surface area contributed by atoms with Crippen molar-refractivity contribution in [2.75, 3.05) is 0 Å². The number of hydrogen-bond donors (Lipinski definition) is 0. The SMILES string of the molecule is Fc1ccc(Oc2ccc3nn(Cc4ccc(-c5noc(C(F)(F)F)n5)cc4)nc3c2Cl)cc1. The van der Waals surface area contributed by atoms with Crippen LogP contribution in [0, 0.1) is 5.82 Å². The van der Waals surface area contributed by atoms with Gasteiger partial charge in [0.15, 0.2) is 0 Å². The molecule has 0 saturated heterocycles. The number of rotatable bonds is 5. The zero-order chi connectivity index (χ0) is 23.9. The lowest BCUT2D eigenvalue weighted by Crippen LogP contribution is -2.05. The number of nitrogens with zero attached hydrogens (tertiary/aromatic N) is 5. The molecular formula is C22H12ClF4N5O2. The minimum Gasteiger partial charge on any atom is -0.456 e. The molecule has 0 aliphatic rings. The minimum atomic E-state index is -4.70. The molecule has 0 saturated carbocycles. The van der Waals surface area contributed by atoms with Crippen molar-refractivity contribution in [1.29, 1.82) is 0 Å². The molecule has 172 valence electrons. The monoisotopic (exact) mass is 489 g/mol. The molecule has 0 radical (unpaired) electrons. The molecule has 0 fully saturated rings. The zero-order valence-electron chi connectivity index (χ0n) is 16.9. The number of alkyl halides is 3. The van der Waals surface area contributed by atoms with E-state index in [0.717, 1.165) is 5.56 Å². The number of aromatic nitrogens is 5. The minimum absolute atomic E-state index is 0.165. The van der Waals surface area contributed by atoms with Crippen LogP contribution in [0.25, 0.3) is 22.4 Å². The zero-order valence-corrected chi connectivity index (χ0v) is 17.7. The molecule has 2 heterocycles. The summed E-state index contributed by atoms with van der Waals surface area (Å²) in [6, 6.07) is 15.4. The van der Waals surface area contributed by atoms with Crippen LogP contribution in [0.4, 0.5) is 17.6 Å². The Hall–Kier alpha value is -3.99. The fourth-order valence-electron chi connectivity index (χ4n) is 3.13. The molecule has 0 bridgehead atoms. The number of hydrogen-bond acceptors (Lipinski definition) is 6. The Kier molecular flexibility index (Phi) is 5.40.